The van der Waals surface area contributed by atoms with Crippen LogP contribution in [0.4, 0.5) is 0 Å². The van der Waals surface area contributed by atoms with E-state index in [9.17, 15) is 24.3 Å². The fourth-order valence-electron chi connectivity index (χ4n) is 10.0. The van der Waals surface area contributed by atoms with Crippen LogP contribution in [-0.2, 0) is 14.3 Å². The van der Waals surface area contributed by atoms with Crippen LogP contribution in [0, 0.1) is 34.0 Å². The number of esters is 1. The van der Waals surface area contributed by atoms with Crippen molar-refractivity contribution in [2.45, 2.75) is 109 Å². The monoisotopic (exact) mass is 636 g/mol. The summed E-state index contributed by atoms with van der Waals surface area (Å²) in [7, 11) is 0. The number of nitrogens with zero attached hydrogens (tertiary/aromatic N) is 1. The van der Waals surface area contributed by atoms with E-state index in [2.05, 4.69) is 34.3 Å². The molecular formula is C36H48N2O6S. The van der Waals surface area contributed by atoms with Gasteiger partial charge >= 0.3 is 5.97 Å². The predicted molar refractivity (Wildman–Crippen MR) is 173 cm³/mol. The molecule has 9 heteroatoms. The molecule has 0 radical (unpaired) electrons. The number of nitrogens with two attached hydrogens (primary N) is 1. The topological polar surface area (TPSA) is 127 Å². The van der Waals surface area contributed by atoms with E-state index in [0.29, 0.717) is 36.8 Å². The van der Waals surface area contributed by atoms with Gasteiger partial charge in [-0.3, -0.25) is 24.1 Å². The van der Waals surface area contributed by atoms with Crippen molar-refractivity contribution >= 4 is 35.3 Å². The summed E-state index contributed by atoms with van der Waals surface area (Å²) in [6.07, 6.45) is 5.86. The SMILES string of the molecule is C=CC1(C)CC(OC(=O)CSC2CCC(N3C(=O)c4ccccc4C3=O)CC2O)C2(C)C(C)CCC3(CCC(=O)C32)C(C)C1N. The van der Waals surface area contributed by atoms with Crippen molar-refractivity contribution in [3.8, 4) is 0 Å². The Morgan fingerprint density at radius 2 is 1.78 bits per heavy atom. The van der Waals surface area contributed by atoms with E-state index in [1.54, 1.807) is 24.3 Å². The molecule has 4 fully saturated rings. The third kappa shape index (κ3) is 4.94. The van der Waals surface area contributed by atoms with Gasteiger partial charge in [-0.2, -0.15) is 0 Å². The zero-order chi connectivity index (χ0) is 32.5. The summed E-state index contributed by atoms with van der Waals surface area (Å²) in [5.41, 5.74) is 6.63. The first kappa shape index (κ1) is 32.5. The largest absolute Gasteiger partial charge is 0.461 e. The zero-order valence-electron chi connectivity index (χ0n) is 27.0. The van der Waals surface area contributed by atoms with Crippen LogP contribution in [0.5, 0.6) is 0 Å². The van der Waals surface area contributed by atoms with Gasteiger partial charge in [0.05, 0.1) is 23.0 Å². The van der Waals surface area contributed by atoms with E-state index < -0.39 is 23.0 Å². The number of ether oxygens (including phenoxy) is 1. The van der Waals surface area contributed by atoms with Crippen LogP contribution in [0.25, 0.3) is 0 Å². The molecule has 0 aromatic heterocycles. The molecule has 11 unspecified atom stereocenters. The minimum atomic E-state index is -0.775. The second-order valence-corrected chi connectivity index (χ2v) is 16.3. The molecule has 244 valence electrons. The van der Waals surface area contributed by atoms with Crippen LogP contribution >= 0.6 is 11.8 Å². The summed E-state index contributed by atoms with van der Waals surface area (Å²) < 4.78 is 6.42. The number of imide groups is 1. The van der Waals surface area contributed by atoms with Gasteiger partial charge < -0.3 is 15.6 Å². The Morgan fingerprint density at radius 3 is 2.40 bits per heavy atom. The van der Waals surface area contributed by atoms with Crippen LogP contribution in [-0.4, -0.2) is 68.9 Å². The van der Waals surface area contributed by atoms with Crippen molar-refractivity contribution in [1.82, 2.24) is 4.90 Å². The first-order valence-electron chi connectivity index (χ1n) is 16.7. The third-order valence-electron chi connectivity index (χ3n) is 13.1. The molecule has 11 atom stereocenters. The molecule has 0 saturated heterocycles. The molecule has 1 heterocycles. The Bertz CT molecular complexity index is 1380. The van der Waals surface area contributed by atoms with Crippen LogP contribution in [0.1, 0.15) is 99.8 Å². The maximum absolute atomic E-state index is 13.7. The number of fused-ring (bicyclic) bond motifs is 1. The maximum atomic E-state index is 13.7. The van der Waals surface area contributed by atoms with Gasteiger partial charge in [0.25, 0.3) is 11.8 Å². The molecule has 1 aromatic carbocycles. The lowest BCUT2D eigenvalue weighted by molar-refractivity contribution is -0.192. The molecule has 1 aliphatic heterocycles. The molecule has 2 bridgehead atoms. The van der Waals surface area contributed by atoms with E-state index in [-0.39, 0.29) is 76.2 Å². The summed E-state index contributed by atoms with van der Waals surface area (Å²) in [5, 5.41) is 10.9. The molecule has 5 aliphatic rings. The van der Waals surface area contributed by atoms with Crippen LogP contribution in [0.15, 0.2) is 36.9 Å². The van der Waals surface area contributed by atoms with Gasteiger partial charge in [0.2, 0.25) is 0 Å². The average Bonchev–Trinajstić information content (AvgIpc) is 3.51. The normalized spacial score (nSPS) is 42.9. The summed E-state index contributed by atoms with van der Waals surface area (Å²) in [6, 6.07) is 6.22. The molecule has 45 heavy (non-hydrogen) atoms. The number of Topliss-reactive ketones (excluding diaryl/α,β-unsaturated/α-hetero) is 1. The van der Waals surface area contributed by atoms with Crippen molar-refractivity contribution in [3.63, 3.8) is 0 Å². The Balaban J connectivity index is 1.15. The number of thioether (sulfide) groups is 1. The number of benzene rings is 1. The number of carbonyl (C=O) groups excluding carboxylic acids is 4. The van der Waals surface area contributed by atoms with Crippen LogP contribution < -0.4 is 5.73 Å². The molecule has 8 nitrogen and oxygen atoms in total. The number of amides is 2. The van der Waals surface area contributed by atoms with Gasteiger partial charge in [0.1, 0.15) is 11.9 Å². The first-order chi connectivity index (χ1) is 21.3. The lowest BCUT2D eigenvalue weighted by Crippen LogP contribution is -2.64. The molecule has 1 aromatic rings. The highest BCUT2D eigenvalue weighted by Gasteiger charge is 2.68. The smallest absolute Gasteiger partial charge is 0.316 e. The van der Waals surface area contributed by atoms with Crippen LogP contribution in [0.2, 0.25) is 0 Å². The van der Waals surface area contributed by atoms with Gasteiger partial charge in [-0.15, -0.1) is 18.3 Å². The summed E-state index contributed by atoms with van der Waals surface area (Å²) in [6.45, 7) is 12.8. The van der Waals surface area contributed by atoms with E-state index in [1.807, 2.05) is 6.08 Å². The Labute approximate surface area is 270 Å². The zero-order valence-corrected chi connectivity index (χ0v) is 27.8. The second-order valence-electron chi connectivity index (χ2n) is 15.1. The number of hydrogen-bond donors (Lipinski definition) is 2. The summed E-state index contributed by atoms with van der Waals surface area (Å²) in [5.74, 6) is -0.506. The number of hydrogen-bond acceptors (Lipinski definition) is 8. The van der Waals surface area contributed by atoms with Crippen molar-refractivity contribution in [2.75, 3.05) is 5.75 Å². The van der Waals surface area contributed by atoms with Gasteiger partial charge in [0, 0.05) is 40.5 Å². The Hall–Kier alpha value is -2.49. The fourth-order valence-corrected chi connectivity index (χ4v) is 11.1. The molecule has 4 aliphatic carbocycles. The highest BCUT2D eigenvalue weighted by atomic mass is 32.2. The lowest BCUT2D eigenvalue weighted by atomic mass is 9.43. The third-order valence-corrected chi connectivity index (χ3v) is 14.4. The lowest BCUT2D eigenvalue weighted by Gasteiger charge is -2.62. The van der Waals surface area contributed by atoms with Gasteiger partial charge in [0.15, 0.2) is 0 Å². The molecule has 2 amide bonds. The molecule has 0 spiro atoms. The highest BCUT2D eigenvalue weighted by Crippen LogP contribution is 2.67. The Morgan fingerprint density at radius 1 is 1.11 bits per heavy atom. The van der Waals surface area contributed by atoms with Gasteiger partial charge in [-0.05, 0) is 74.3 Å². The summed E-state index contributed by atoms with van der Waals surface area (Å²) in [4.78, 5) is 54.5. The van der Waals surface area contributed by atoms with Crippen molar-refractivity contribution in [1.29, 1.82) is 0 Å². The van der Waals surface area contributed by atoms with Crippen LogP contribution in [0.3, 0.4) is 0 Å². The van der Waals surface area contributed by atoms with Crippen molar-refractivity contribution < 1.29 is 29.0 Å². The highest BCUT2D eigenvalue weighted by molar-refractivity contribution is 8.00. The summed E-state index contributed by atoms with van der Waals surface area (Å²) >= 11 is 1.37. The predicted octanol–water partition coefficient (Wildman–Crippen LogP) is 5.17. The molecule has 4 saturated carbocycles. The molecule has 6 rings (SSSR count). The van der Waals surface area contributed by atoms with Crippen molar-refractivity contribution in [3.05, 3.63) is 48.0 Å². The molecular weight excluding hydrogens is 588 g/mol. The fraction of sp³-hybridized carbons (Fsp3) is 0.667. The van der Waals surface area contributed by atoms with Crippen molar-refractivity contribution in [2.24, 2.45) is 39.7 Å². The van der Waals surface area contributed by atoms with E-state index in [1.165, 1.54) is 16.7 Å². The number of aliphatic hydroxyl groups excluding tert-OH is 1. The minimum Gasteiger partial charge on any atom is -0.461 e. The first-order valence-corrected chi connectivity index (χ1v) is 17.7. The quantitative estimate of drug-likeness (QED) is 0.249. The molecule has 3 N–H and O–H groups in total. The van der Waals surface area contributed by atoms with Gasteiger partial charge in [-0.1, -0.05) is 45.9 Å². The van der Waals surface area contributed by atoms with E-state index in [0.717, 1.165) is 19.3 Å². The van der Waals surface area contributed by atoms with Gasteiger partial charge in [-0.25, -0.2) is 0 Å². The average molecular weight is 637 g/mol. The number of rotatable bonds is 6. The number of carbonyl (C=O) groups is 4. The maximum Gasteiger partial charge on any atom is 0.316 e. The standard InChI is InChI=1S/C36H48N2O6S/c1-6-34(4)18-28(35(5)20(2)13-15-36(21(3)31(34)37)16-14-25(39)30(35)36)44-29(41)19-45-27-12-11-22(17-26(27)40)38-32(42)23-9-7-8-10-24(23)33(38)43/h6-10,20-22,26-28,30-31,40H,1,11-19,37H2,2-5H3. The van der Waals surface area contributed by atoms with E-state index in [4.69, 9.17) is 10.5 Å². The minimum absolute atomic E-state index is 0.0669. The number of ketones is 1. The Kier molecular flexibility index (Phi) is 8.39. The number of aliphatic hydroxyl groups is 1. The van der Waals surface area contributed by atoms with E-state index >= 15 is 0 Å². The second kappa shape index (κ2) is 11.6.